The Bertz CT molecular complexity index is 324. The van der Waals surface area contributed by atoms with Crippen molar-refractivity contribution in [1.29, 1.82) is 0 Å². The van der Waals surface area contributed by atoms with Gasteiger partial charge in [0, 0.05) is 13.7 Å². The Kier molecular flexibility index (Phi) is 4.27. The summed E-state index contributed by atoms with van der Waals surface area (Å²) in [6.45, 7) is 2.60. The topological polar surface area (TPSA) is 40.6 Å². The normalized spacial score (nSPS) is 20.2. The molecule has 0 bridgehead atoms. The lowest BCUT2D eigenvalue weighted by molar-refractivity contribution is 0.0299. The van der Waals surface area contributed by atoms with Crippen LogP contribution >= 0.6 is 0 Å². The van der Waals surface area contributed by atoms with Gasteiger partial charge in [0.2, 0.25) is 0 Å². The Morgan fingerprint density at radius 2 is 2.19 bits per heavy atom. The maximum Gasteiger partial charge on any atom is 0.0892 e. The van der Waals surface area contributed by atoms with Crippen LogP contribution in [0.2, 0.25) is 0 Å². The van der Waals surface area contributed by atoms with Crippen LogP contribution in [0.3, 0.4) is 0 Å². The molecule has 2 rings (SSSR count). The van der Waals surface area contributed by atoms with Crippen LogP contribution in [-0.2, 0) is 27.4 Å². The number of ether oxygens (including phenoxy) is 3. The molecule has 4 nitrogen and oxygen atoms in total. The highest BCUT2D eigenvalue weighted by Crippen LogP contribution is 2.11. The minimum absolute atomic E-state index is 0.230. The van der Waals surface area contributed by atoms with E-state index in [1.807, 2.05) is 18.2 Å². The molecule has 0 spiro atoms. The Morgan fingerprint density at radius 3 is 2.88 bits per heavy atom. The molecule has 0 N–H and O–H groups in total. The smallest absolute Gasteiger partial charge is 0.0892 e. The summed E-state index contributed by atoms with van der Waals surface area (Å²) >= 11 is 0. The molecule has 2 heterocycles. The van der Waals surface area contributed by atoms with Crippen molar-refractivity contribution in [3.8, 4) is 0 Å². The van der Waals surface area contributed by atoms with E-state index in [4.69, 9.17) is 14.2 Å². The summed E-state index contributed by atoms with van der Waals surface area (Å²) in [5.41, 5.74) is 1.88. The molecule has 1 saturated heterocycles. The third kappa shape index (κ3) is 3.27. The van der Waals surface area contributed by atoms with E-state index in [1.54, 1.807) is 7.11 Å². The molecule has 0 radical (unpaired) electrons. The summed E-state index contributed by atoms with van der Waals surface area (Å²) in [7, 11) is 1.67. The van der Waals surface area contributed by atoms with E-state index >= 15 is 0 Å². The van der Waals surface area contributed by atoms with Gasteiger partial charge in [0.1, 0.15) is 0 Å². The van der Waals surface area contributed by atoms with Crippen molar-refractivity contribution in [3.05, 3.63) is 29.6 Å². The van der Waals surface area contributed by atoms with Crippen molar-refractivity contribution in [1.82, 2.24) is 4.98 Å². The first-order chi connectivity index (χ1) is 7.88. The predicted molar refractivity (Wildman–Crippen MR) is 59.0 cm³/mol. The third-order valence-corrected chi connectivity index (χ3v) is 2.51. The van der Waals surface area contributed by atoms with Gasteiger partial charge in [-0.1, -0.05) is 6.07 Å². The number of methoxy groups -OCH3 is 1. The molecule has 1 atom stereocenters. The Morgan fingerprint density at radius 1 is 1.38 bits per heavy atom. The van der Waals surface area contributed by atoms with Gasteiger partial charge < -0.3 is 14.2 Å². The lowest BCUT2D eigenvalue weighted by Crippen LogP contribution is -2.12. The number of pyridine rings is 1. The van der Waals surface area contributed by atoms with Gasteiger partial charge in [0.15, 0.2) is 0 Å². The van der Waals surface area contributed by atoms with Crippen LogP contribution in [-0.4, -0.2) is 31.4 Å². The monoisotopic (exact) mass is 223 g/mol. The number of rotatable bonds is 5. The second-order valence-electron chi connectivity index (χ2n) is 3.85. The standard InChI is InChI=1S/C12H17NO3/c1-14-7-10-3-2-4-11(13-10)8-16-12-5-6-15-9-12/h2-4,12H,5-9H2,1H3. The highest BCUT2D eigenvalue weighted by molar-refractivity contribution is 5.10. The third-order valence-electron chi connectivity index (χ3n) is 2.51. The summed E-state index contributed by atoms with van der Waals surface area (Å²) in [5, 5.41) is 0. The van der Waals surface area contributed by atoms with Crippen molar-refractivity contribution in [2.24, 2.45) is 0 Å². The van der Waals surface area contributed by atoms with Crippen molar-refractivity contribution >= 4 is 0 Å². The fourth-order valence-corrected chi connectivity index (χ4v) is 1.69. The van der Waals surface area contributed by atoms with Crippen LogP contribution in [0.15, 0.2) is 18.2 Å². The second-order valence-corrected chi connectivity index (χ2v) is 3.85. The highest BCUT2D eigenvalue weighted by atomic mass is 16.5. The molecular weight excluding hydrogens is 206 g/mol. The van der Waals surface area contributed by atoms with E-state index in [9.17, 15) is 0 Å². The van der Waals surface area contributed by atoms with Gasteiger partial charge in [-0.15, -0.1) is 0 Å². The van der Waals surface area contributed by atoms with E-state index in [0.29, 0.717) is 19.8 Å². The molecule has 1 aliphatic rings. The van der Waals surface area contributed by atoms with E-state index in [2.05, 4.69) is 4.98 Å². The minimum Gasteiger partial charge on any atom is -0.379 e. The fourth-order valence-electron chi connectivity index (χ4n) is 1.69. The maximum atomic E-state index is 5.69. The van der Waals surface area contributed by atoms with Crippen LogP contribution < -0.4 is 0 Å². The molecular formula is C12H17NO3. The largest absolute Gasteiger partial charge is 0.379 e. The summed E-state index contributed by atoms with van der Waals surface area (Å²) < 4.78 is 16.0. The van der Waals surface area contributed by atoms with Crippen molar-refractivity contribution in [3.63, 3.8) is 0 Å². The molecule has 1 aliphatic heterocycles. The van der Waals surface area contributed by atoms with Crippen molar-refractivity contribution in [2.75, 3.05) is 20.3 Å². The van der Waals surface area contributed by atoms with Gasteiger partial charge in [-0.25, -0.2) is 0 Å². The molecule has 0 aromatic carbocycles. The first-order valence-electron chi connectivity index (χ1n) is 5.51. The maximum absolute atomic E-state index is 5.69. The summed E-state index contributed by atoms with van der Waals surface area (Å²) in [5.74, 6) is 0. The van der Waals surface area contributed by atoms with E-state index in [1.165, 1.54) is 0 Å². The van der Waals surface area contributed by atoms with E-state index in [0.717, 1.165) is 24.4 Å². The van der Waals surface area contributed by atoms with Gasteiger partial charge >= 0.3 is 0 Å². The van der Waals surface area contributed by atoms with Crippen LogP contribution in [0.1, 0.15) is 17.8 Å². The average molecular weight is 223 g/mol. The Labute approximate surface area is 95.5 Å². The van der Waals surface area contributed by atoms with Crippen LogP contribution in [0.4, 0.5) is 0 Å². The molecule has 16 heavy (non-hydrogen) atoms. The highest BCUT2D eigenvalue weighted by Gasteiger charge is 2.15. The lowest BCUT2D eigenvalue weighted by atomic mass is 10.3. The summed E-state index contributed by atoms with van der Waals surface area (Å²) in [6.07, 6.45) is 1.21. The number of aromatic nitrogens is 1. The van der Waals surface area contributed by atoms with Crippen LogP contribution in [0.5, 0.6) is 0 Å². The quantitative estimate of drug-likeness (QED) is 0.759. The Hall–Kier alpha value is -0.970. The van der Waals surface area contributed by atoms with E-state index < -0.39 is 0 Å². The van der Waals surface area contributed by atoms with Gasteiger partial charge in [-0.3, -0.25) is 4.98 Å². The average Bonchev–Trinajstić information content (AvgIpc) is 2.80. The van der Waals surface area contributed by atoms with Gasteiger partial charge in [-0.05, 0) is 18.6 Å². The summed E-state index contributed by atoms with van der Waals surface area (Å²) in [6, 6.07) is 5.89. The second kappa shape index (κ2) is 5.94. The number of hydrogen-bond donors (Lipinski definition) is 0. The molecule has 88 valence electrons. The van der Waals surface area contributed by atoms with Gasteiger partial charge in [0.25, 0.3) is 0 Å². The SMILES string of the molecule is COCc1cccc(COC2CCOC2)n1. The molecule has 0 amide bonds. The molecule has 1 aromatic heterocycles. The van der Waals surface area contributed by atoms with Gasteiger partial charge in [-0.2, -0.15) is 0 Å². The van der Waals surface area contributed by atoms with Crippen molar-refractivity contribution in [2.45, 2.75) is 25.7 Å². The first-order valence-corrected chi connectivity index (χ1v) is 5.51. The number of hydrogen-bond acceptors (Lipinski definition) is 4. The minimum atomic E-state index is 0.230. The molecule has 1 aromatic rings. The van der Waals surface area contributed by atoms with Gasteiger partial charge in [0.05, 0.1) is 37.3 Å². The predicted octanol–water partition coefficient (Wildman–Crippen LogP) is 1.53. The zero-order valence-electron chi connectivity index (χ0n) is 9.52. The zero-order valence-corrected chi connectivity index (χ0v) is 9.52. The first kappa shape index (κ1) is 11.5. The van der Waals surface area contributed by atoms with Crippen LogP contribution in [0, 0.1) is 0 Å². The lowest BCUT2D eigenvalue weighted by Gasteiger charge is -2.09. The molecule has 1 fully saturated rings. The molecule has 0 saturated carbocycles. The fraction of sp³-hybridized carbons (Fsp3) is 0.583. The Balaban J connectivity index is 1.85. The number of nitrogens with zero attached hydrogens (tertiary/aromatic N) is 1. The molecule has 0 aliphatic carbocycles. The van der Waals surface area contributed by atoms with Crippen LogP contribution in [0.25, 0.3) is 0 Å². The van der Waals surface area contributed by atoms with Crippen molar-refractivity contribution < 1.29 is 14.2 Å². The molecule has 1 unspecified atom stereocenters. The zero-order chi connectivity index (χ0) is 11.2. The van der Waals surface area contributed by atoms with E-state index in [-0.39, 0.29) is 6.10 Å². The molecule has 4 heteroatoms. The summed E-state index contributed by atoms with van der Waals surface area (Å²) in [4.78, 5) is 4.43.